The van der Waals surface area contributed by atoms with E-state index in [1.807, 2.05) is 0 Å². The van der Waals surface area contributed by atoms with Gasteiger partial charge in [-0.2, -0.15) is 5.26 Å². The van der Waals surface area contributed by atoms with Gasteiger partial charge in [-0.25, -0.2) is 0 Å². The first-order chi connectivity index (χ1) is 4.72. The summed E-state index contributed by atoms with van der Waals surface area (Å²) in [5.41, 5.74) is 4.30. The van der Waals surface area contributed by atoms with E-state index in [0.717, 1.165) is 0 Å². The minimum atomic E-state index is -0.879. The van der Waals surface area contributed by atoms with Gasteiger partial charge in [-0.3, -0.25) is 4.79 Å². The largest absolute Gasteiger partial charge is 0.395 e. The SMILES string of the molecule is CCON=C(C#N)C(N)=O. The van der Waals surface area contributed by atoms with Crippen molar-refractivity contribution in [1.82, 2.24) is 0 Å². The molecule has 0 bridgehead atoms. The first-order valence-corrected chi connectivity index (χ1v) is 2.62. The maximum absolute atomic E-state index is 10.2. The molecule has 5 nitrogen and oxygen atoms in total. The lowest BCUT2D eigenvalue weighted by atomic mass is 10.4. The van der Waals surface area contributed by atoms with Crippen LogP contribution in [0.5, 0.6) is 0 Å². The molecule has 0 unspecified atom stereocenters. The fraction of sp³-hybridized carbons (Fsp3) is 0.400. The number of amides is 1. The van der Waals surface area contributed by atoms with Crippen molar-refractivity contribution in [3.63, 3.8) is 0 Å². The van der Waals surface area contributed by atoms with Crippen LogP contribution in [0.3, 0.4) is 0 Å². The van der Waals surface area contributed by atoms with E-state index in [0.29, 0.717) is 6.61 Å². The van der Waals surface area contributed by atoms with Crippen LogP contribution in [0, 0.1) is 11.3 Å². The van der Waals surface area contributed by atoms with E-state index in [9.17, 15) is 4.79 Å². The molecule has 0 atom stereocenters. The van der Waals surface area contributed by atoms with E-state index >= 15 is 0 Å². The fourth-order valence-corrected chi connectivity index (χ4v) is 0.250. The van der Waals surface area contributed by atoms with Gasteiger partial charge in [-0.05, 0) is 6.92 Å². The van der Waals surface area contributed by atoms with Crippen LogP contribution in [0.2, 0.25) is 0 Å². The van der Waals surface area contributed by atoms with Crippen LogP contribution in [0.1, 0.15) is 6.92 Å². The van der Waals surface area contributed by atoms with Crippen molar-refractivity contribution in [2.24, 2.45) is 10.9 Å². The van der Waals surface area contributed by atoms with Crippen molar-refractivity contribution in [2.75, 3.05) is 6.61 Å². The normalized spacial score (nSPS) is 10.2. The zero-order valence-electron chi connectivity index (χ0n) is 5.50. The van der Waals surface area contributed by atoms with Gasteiger partial charge in [0.1, 0.15) is 12.7 Å². The Bertz CT molecular complexity index is 192. The third-order valence-electron chi connectivity index (χ3n) is 0.624. The van der Waals surface area contributed by atoms with Crippen molar-refractivity contribution >= 4 is 11.6 Å². The van der Waals surface area contributed by atoms with Gasteiger partial charge >= 0.3 is 0 Å². The second-order valence-corrected chi connectivity index (χ2v) is 1.33. The molecule has 0 saturated heterocycles. The summed E-state index contributed by atoms with van der Waals surface area (Å²) in [7, 11) is 0. The van der Waals surface area contributed by atoms with E-state index in [2.05, 4.69) is 9.99 Å². The number of nitriles is 1. The quantitative estimate of drug-likeness (QED) is 0.420. The number of nitrogens with zero attached hydrogens (tertiary/aromatic N) is 2. The lowest BCUT2D eigenvalue weighted by molar-refractivity contribution is -0.112. The molecule has 0 aromatic heterocycles. The van der Waals surface area contributed by atoms with Crippen LogP contribution in [0.25, 0.3) is 0 Å². The Morgan fingerprint density at radius 2 is 2.50 bits per heavy atom. The summed E-state index contributed by atoms with van der Waals surface area (Å²) >= 11 is 0. The number of carbonyl (C=O) groups is 1. The Morgan fingerprint density at radius 3 is 2.80 bits per heavy atom. The molecule has 2 N–H and O–H groups in total. The average molecular weight is 141 g/mol. The Labute approximate surface area is 58.1 Å². The van der Waals surface area contributed by atoms with Gasteiger partial charge in [0.15, 0.2) is 0 Å². The van der Waals surface area contributed by atoms with Crippen LogP contribution in [0.4, 0.5) is 0 Å². The third kappa shape index (κ3) is 2.67. The highest BCUT2D eigenvalue weighted by molar-refractivity contribution is 6.44. The van der Waals surface area contributed by atoms with Crippen LogP contribution >= 0.6 is 0 Å². The molecule has 0 aromatic carbocycles. The molecule has 0 aliphatic heterocycles. The Hall–Kier alpha value is -1.57. The van der Waals surface area contributed by atoms with Gasteiger partial charge in [0.2, 0.25) is 5.71 Å². The number of hydrogen-bond acceptors (Lipinski definition) is 4. The predicted octanol–water partition coefficient (Wildman–Crippen LogP) is -0.612. The second-order valence-electron chi connectivity index (χ2n) is 1.33. The van der Waals surface area contributed by atoms with Crippen LogP contribution < -0.4 is 5.73 Å². The van der Waals surface area contributed by atoms with Crippen molar-refractivity contribution in [2.45, 2.75) is 6.92 Å². The summed E-state index contributed by atoms with van der Waals surface area (Å²) in [5.74, 6) is -0.879. The van der Waals surface area contributed by atoms with Crippen molar-refractivity contribution in [1.29, 1.82) is 5.26 Å². The molecule has 10 heavy (non-hydrogen) atoms. The van der Waals surface area contributed by atoms with Gasteiger partial charge < -0.3 is 10.6 Å². The van der Waals surface area contributed by atoms with Gasteiger partial charge in [0, 0.05) is 0 Å². The number of nitrogens with two attached hydrogens (primary N) is 1. The van der Waals surface area contributed by atoms with Crippen LogP contribution in [0.15, 0.2) is 5.16 Å². The van der Waals surface area contributed by atoms with Gasteiger partial charge in [0.05, 0.1) is 0 Å². The monoisotopic (exact) mass is 141 g/mol. The molecular weight excluding hydrogens is 134 g/mol. The predicted molar refractivity (Wildman–Crippen MR) is 33.9 cm³/mol. The third-order valence-corrected chi connectivity index (χ3v) is 0.624. The lowest BCUT2D eigenvalue weighted by Crippen LogP contribution is -2.21. The topological polar surface area (TPSA) is 88.5 Å². The summed E-state index contributed by atoms with van der Waals surface area (Å²) < 4.78 is 0. The molecule has 0 spiro atoms. The molecule has 0 aliphatic rings. The number of primary amides is 1. The average Bonchev–Trinajstić information content (AvgIpc) is 1.89. The van der Waals surface area contributed by atoms with Crippen molar-refractivity contribution in [3.8, 4) is 6.07 Å². The molecule has 0 aromatic rings. The van der Waals surface area contributed by atoms with E-state index in [4.69, 9.17) is 11.0 Å². The summed E-state index contributed by atoms with van der Waals surface area (Å²) in [6, 6.07) is 1.49. The highest BCUT2D eigenvalue weighted by Crippen LogP contribution is 1.78. The zero-order valence-corrected chi connectivity index (χ0v) is 5.50. The molecule has 54 valence electrons. The molecular formula is C5H7N3O2. The molecule has 0 aliphatic carbocycles. The lowest BCUT2D eigenvalue weighted by Gasteiger charge is -1.90. The van der Waals surface area contributed by atoms with Gasteiger partial charge in [-0.1, -0.05) is 5.16 Å². The number of rotatable bonds is 3. The Kier molecular flexibility index (Phi) is 3.64. The second kappa shape index (κ2) is 4.32. The molecule has 5 heteroatoms. The number of oxime groups is 1. The Morgan fingerprint density at radius 1 is 1.90 bits per heavy atom. The summed E-state index contributed by atoms with van der Waals surface area (Å²) in [6.07, 6.45) is 0. The first kappa shape index (κ1) is 8.43. The molecule has 0 heterocycles. The molecule has 0 fully saturated rings. The molecule has 0 rings (SSSR count). The summed E-state index contributed by atoms with van der Waals surface area (Å²) in [5, 5.41) is 11.3. The van der Waals surface area contributed by atoms with Crippen molar-refractivity contribution < 1.29 is 9.63 Å². The number of hydrogen-bond donors (Lipinski definition) is 1. The van der Waals surface area contributed by atoms with Crippen LogP contribution in [-0.2, 0) is 9.63 Å². The van der Waals surface area contributed by atoms with E-state index in [1.165, 1.54) is 6.07 Å². The minimum absolute atomic E-state index is 0.304. The highest BCUT2D eigenvalue weighted by atomic mass is 16.6. The van der Waals surface area contributed by atoms with E-state index in [1.54, 1.807) is 6.92 Å². The summed E-state index contributed by atoms with van der Waals surface area (Å²) in [4.78, 5) is 14.6. The molecule has 0 radical (unpaired) electrons. The smallest absolute Gasteiger partial charge is 0.281 e. The van der Waals surface area contributed by atoms with Gasteiger partial charge in [0.25, 0.3) is 5.91 Å². The number of carbonyl (C=O) groups excluding carboxylic acids is 1. The highest BCUT2D eigenvalue weighted by Gasteiger charge is 2.04. The maximum atomic E-state index is 10.2. The van der Waals surface area contributed by atoms with Crippen molar-refractivity contribution in [3.05, 3.63) is 0 Å². The molecule has 1 amide bonds. The van der Waals surface area contributed by atoms with E-state index < -0.39 is 11.6 Å². The van der Waals surface area contributed by atoms with Gasteiger partial charge in [-0.15, -0.1) is 0 Å². The molecule has 0 saturated carbocycles. The summed E-state index contributed by atoms with van der Waals surface area (Å²) in [6.45, 7) is 1.98. The van der Waals surface area contributed by atoms with E-state index in [-0.39, 0.29) is 0 Å². The maximum Gasteiger partial charge on any atom is 0.281 e. The minimum Gasteiger partial charge on any atom is -0.395 e. The first-order valence-electron chi connectivity index (χ1n) is 2.62. The zero-order chi connectivity index (χ0) is 7.98. The standard InChI is InChI=1S/C5H7N3O2/c1-2-10-8-4(3-6)5(7)9/h2H2,1H3,(H2,7,9). The Balaban J connectivity index is 4.09. The van der Waals surface area contributed by atoms with Crippen LogP contribution in [-0.4, -0.2) is 18.2 Å². The fourth-order valence-electron chi connectivity index (χ4n) is 0.250.